The molecule has 0 aliphatic carbocycles. The largest absolute Gasteiger partial charge is 0.282 e. The minimum absolute atomic E-state index is 0.102. The second kappa shape index (κ2) is 8.93. The van der Waals surface area contributed by atoms with Gasteiger partial charge in [-0.1, -0.05) is 64.8 Å². The number of hydrazone groups is 1. The molecule has 0 bridgehead atoms. The summed E-state index contributed by atoms with van der Waals surface area (Å²) < 4.78 is 1.83. The molecule has 1 aliphatic heterocycles. The molecule has 4 rings (SSSR count). The average molecular weight is 492 g/mol. The van der Waals surface area contributed by atoms with Crippen LogP contribution in [0.15, 0.2) is 52.0 Å². The number of carbonyl (C=O) groups excluding carboxylic acids is 1. The highest BCUT2D eigenvalue weighted by Crippen LogP contribution is 2.39. The van der Waals surface area contributed by atoms with Crippen LogP contribution in [0.25, 0.3) is 10.1 Å². The smallest absolute Gasteiger partial charge is 0.266 e. The van der Waals surface area contributed by atoms with Crippen LogP contribution in [0.3, 0.4) is 0 Å². The van der Waals surface area contributed by atoms with Crippen LogP contribution in [-0.4, -0.2) is 18.7 Å². The molecule has 3 N–H and O–H groups in total. The summed E-state index contributed by atoms with van der Waals surface area (Å²) in [4.78, 5) is 13.1. The molecular formula is C21H20BrClN4OS. The van der Waals surface area contributed by atoms with Crippen LogP contribution in [0.5, 0.6) is 0 Å². The van der Waals surface area contributed by atoms with Crippen molar-refractivity contribution in [2.45, 2.75) is 19.4 Å². The number of fused-ring (bicyclic) bond motifs is 1. The number of thiophene rings is 1. The van der Waals surface area contributed by atoms with Gasteiger partial charge in [-0.25, -0.2) is 10.9 Å². The topological polar surface area (TPSA) is 65.5 Å². The van der Waals surface area contributed by atoms with Gasteiger partial charge in [0.2, 0.25) is 0 Å². The molecule has 1 aromatic heterocycles. The zero-order valence-corrected chi connectivity index (χ0v) is 18.9. The van der Waals surface area contributed by atoms with E-state index in [2.05, 4.69) is 68.5 Å². The molecule has 29 heavy (non-hydrogen) atoms. The number of nitrogens with zero attached hydrogens (tertiary/aromatic N) is 1. The van der Waals surface area contributed by atoms with Crippen LogP contribution in [0, 0.1) is 5.92 Å². The van der Waals surface area contributed by atoms with Gasteiger partial charge in [-0.05, 0) is 29.7 Å². The van der Waals surface area contributed by atoms with Crippen molar-refractivity contribution in [1.82, 2.24) is 16.3 Å². The normalized spacial score (nSPS) is 19.3. The Labute approximate surface area is 186 Å². The first-order chi connectivity index (χ1) is 14.1. The number of halogens is 2. The molecule has 1 saturated heterocycles. The molecule has 1 aliphatic rings. The molecule has 2 aromatic carbocycles. The molecule has 2 atom stereocenters. The highest BCUT2D eigenvalue weighted by Gasteiger charge is 2.27. The summed E-state index contributed by atoms with van der Waals surface area (Å²) in [5.41, 5.74) is 11.6. The number of rotatable bonds is 5. The summed E-state index contributed by atoms with van der Waals surface area (Å²) in [7, 11) is 0. The van der Waals surface area contributed by atoms with E-state index in [9.17, 15) is 4.79 Å². The highest BCUT2D eigenvalue weighted by atomic mass is 79.9. The number of nitrogens with one attached hydrogen (secondary N) is 3. The van der Waals surface area contributed by atoms with Crippen molar-refractivity contribution in [3.8, 4) is 0 Å². The molecule has 1 fully saturated rings. The summed E-state index contributed by atoms with van der Waals surface area (Å²) in [6.07, 6.45) is 2.80. The molecule has 1 amide bonds. The summed E-state index contributed by atoms with van der Waals surface area (Å²) in [6.45, 7) is 2.88. The van der Waals surface area contributed by atoms with Gasteiger partial charge in [0.05, 0.1) is 11.1 Å². The molecule has 5 nitrogen and oxygen atoms in total. The van der Waals surface area contributed by atoms with Crippen molar-refractivity contribution in [2.75, 3.05) is 6.54 Å². The molecule has 0 spiro atoms. The van der Waals surface area contributed by atoms with E-state index in [4.69, 9.17) is 11.6 Å². The van der Waals surface area contributed by atoms with Gasteiger partial charge in [-0.15, -0.1) is 11.3 Å². The van der Waals surface area contributed by atoms with Crippen LogP contribution in [0.4, 0.5) is 0 Å². The minimum atomic E-state index is -0.304. The summed E-state index contributed by atoms with van der Waals surface area (Å²) >= 11 is 11.3. The Morgan fingerprint density at radius 3 is 2.86 bits per heavy atom. The Hall–Kier alpha value is -1.77. The second-order valence-corrected chi connectivity index (χ2v) is 9.12. The maximum atomic E-state index is 12.6. The van der Waals surface area contributed by atoms with Crippen molar-refractivity contribution < 1.29 is 4.79 Å². The highest BCUT2D eigenvalue weighted by molar-refractivity contribution is 9.10. The molecule has 8 heteroatoms. The summed E-state index contributed by atoms with van der Waals surface area (Å²) in [5.74, 6) is -0.183. The number of benzene rings is 2. The van der Waals surface area contributed by atoms with E-state index in [1.165, 1.54) is 22.5 Å². The third-order valence-electron chi connectivity index (χ3n) is 5.02. The van der Waals surface area contributed by atoms with Crippen LogP contribution in [0.2, 0.25) is 5.02 Å². The minimum Gasteiger partial charge on any atom is -0.266 e. The van der Waals surface area contributed by atoms with Crippen molar-refractivity contribution in [3.63, 3.8) is 0 Å². The predicted octanol–water partition coefficient (Wildman–Crippen LogP) is 5.06. The van der Waals surface area contributed by atoms with Gasteiger partial charge in [0, 0.05) is 33.2 Å². The molecular weight excluding hydrogens is 472 g/mol. The molecule has 0 saturated carbocycles. The van der Waals surface area contributed by atoms with Crippen molar-refractivity contribution >= 4 is 61.1 Å². The molecule has 3 aromatic rings. The van der Waals surface area contributed by atoms with Gasteiger partial charge in [0.15, 0.2) is 0 Å². The molecule has 2 unspecified atom stereocenters. The van der Waals surface area contributed by atoms with Crippen LogP contribution in [0.1, 0.15) is 33.8 Å². The van der Waals surface area contributed by atoms with E-state index in [0.717, 1.165) is 27.5 Å². The van der Waals surface area contributed by atoms with Gasteiger partial charge >= 0.3 is 0 Å². The monoisotopic (exact) mass is 490 g/mol. The number of hydrazine groups is 1. The third kappa shape index (κ3) is 4.25. The lowest BCUT2D eigenvalue weighted by Crippen LogP contribution is -2.25. The third-order valence-corrected chi connectivity index (χ3v) is 7.32. The lowest BCUT2D eigenvalue weighted by atomic mass is 9.95. The Balaban J connectivity index is 1.46. The lowest BCUT2D eigenvalue weighted by Gasteiger charge is -2.15. The van der Waals surface area contributed by atoms with Crippen LogP contribution < -0.4 is 16.3 Å². The molecule has 2 heterocycles. The SMILES string of the molecule is CCc1ccc(C2NNCC2/C=N/NC(=O)c2sc3cccc(Br)c3c2Cl)cc1. The van der Waals surface area contributed by atoms with Crippen molar-refractivity contribution in [3.05, 3.63) is 68.0 Å². The second-order valence-electron chi connectivity index (χ2n) is 6.84. The number of hydrogen-bond donors (Lipinski definition) is 3. The fraction of sp³-hybridized carbons (Fsp3) is 0.238. The zero-order chi connectivity index (χ0) is 20.4. The zero-order valence-electron chi connectivity index (χ0n) is 15.7. The van der Waals surface area contributed by atoms with Crippen molar-refractivity contribution in [2.24, 2.45) is 11.0 Å². The first kappa shape index (κ1) is 20.5. The number of amides is 1. The summed E-state index contributed by atoms with van der Waals surface area (Å²) in [6, 6.07) is 14.4. The molecule has 150 valence electrons. The fourth-order valence-electron chi connectivity index (χ4n) is 3.40. The maximum absolute atomic E-state index is 12.6. The van der Waals surface area contributed by atoms with Crippen LogP contribution in [-0.2, 0) is 6.42 Å². The van der Waals surface area contributed by atoms with Gasteiger partial charge < -0.3 is 0 Å². The van der Waals surface area contributed by atoms with E-state index in [1.807, 2.05) is 18.2 Å². The Bertz CT molecular complexity index is 1070. The van der Waals surface area contributed by atoms with E-state index in [1.54, 1.807) is 6.21 Å². The van der Waals surface area contributed by atoms with Gasteiger partial charge in [0.25, 0.3) is 5.91 Å². The summed E-state index contributed by atoms with van der Waals surface area (Å²) in [5, 5.41) is 5.51. The van der Waals surface area contributed by atoms with E-state index in [0.29, 0.717) is 9.90 Å². The molecule has 0 radical (unpaired) electrons. The first-order valence-electron chi connectivity index (χ1n) is 9.35. The Morgan fingerprint density at radius 1 is 1.34 bits per heavy atom. The van der Waals surface area contributed by atoms with Gasteiger partial charge in [-0.2, -0.15) is 5.10 Å². The van der Waals surface area contributed by atoms with E-state index >= 15 is 0 Å². The first-order valence-corrected chi connectivity index (χ1v) is 11.3. The van der Waals surface area contributed by atoms with E-state index in [-0.39, 0.29) is 17.9 Å². The predicted molar refractivity (Wildman–Crippen MR) is 124 cm³/mol. The Kier molecular flexibility index (Phi) is 6.32. The number of hydrogen-bond acceptors (Lipinski definition) is 5. The Morgan fingerprint density at radius 2 is 2.14 bits per heavy atom. The lowest BCUT2D eigenvalue weighted by molar-refractivity contribution is 0.0959. The van der Waals surface area contributed by atoms with Gasteiger partial charge in [-0.3, -0.25) is 10.2 Å². The average Bonchev–Trinajstić information content (AvgIpc) is 3.33. The van der Waals surface area contributed by atoms with Crippen LogP contribution >= 0.6 is 38.9 Å². The standard InChI is InChI=1S/C21H20BrClN4OS/c1-2-12-6-8-13(9-7-12)19-14(10-24-26-19)11-25-27-21(28)20-18(23)17-15(22)4-3-5-16(17)29-20/h3-9,11,14,19,24,26H,2,10H2,1H3,(H,27,28)/b25-11+. The van der Waals surface area contributed by atoms with Gasteiger partial charge in [0.1, 0.15) is 4.88 Å². The van der Waals surface area contributed by atoms with E-state index < -0.39 is 0 Å². The fourth-order valence-corrected chi connectivity index (χ4v) is 5.68. The quantitative estimate of drug-likeness (QED) is 0.345. The number of carbonyl (C=O) groups is 1. The number of aryl methyl sites for hydroxylation is 1. The van der Waals surface area contributed by atoms with Crippen molar-refractivity contribution in [1.29, 1.82) is 0 Å². The maximum Gasteiger partial charge on any atom is 0.282 e.